The molecule has 0 bridgehead atoms. The van der Waals surface area contributed by atoms with Crippen molar-refractivity contribution in [2.75, 3.05) is 20.1 Å². The molecule has 0 radical (unpaired) electrons. The van der Waals surface area contributed by atoms with Crippen LogP contribution in [-0.2, 0) is 16.6 Å². The van der Waals surface area contributed by atoms with Crippen LogP contribution < -0.4 is 4.72 Å². The number of hydrogen-bond acceptors (Lipinski definition) is 5. The molecule has 2 N–H and O–H groups in total. The first-order valence-corrected chi connectivity index (χ1v) is 8.60. The van der Waals surface area contributed by atoms with Gasteiger partial charge in [0.1, 0.15) is 4.21 Å². The van der Waals surface area contributed by atoms with Gasteiger partial charge in [-0.1, -0.05) is 6.92 Å². The second kappa shape index (κ2) is 7.35. The number of hydrogen-bond donors (Lipinski definition) is 2. The first-order chi connectivity index (χ1) is 8.90. The number of thiophene rings is 1. The summed E-state index contributed by atoms with van der Waals surface area (Å²) < 4.78 is 26.8. The van der Waals surface area contributed by atoms with Crippen LogP contribution in [-0.4, -0.2) is 44.6 Å². The van der Waals surface area contributed by atoms with Crippen molar-refractivity contribution in [2.45, 2.75) is 37.1 Å². The molecule has 0 fully saturated rings. The van der Waals surface area contributed by atoms with E-state index in [1.165, 1.54) is 6.07 Å². The Morgan fingerprint density at radius 1 is 1.47 bits per heavy atom. The minimum Gasteiger partial charge on any atom is -0.391 e. The Kier molecular flexibility index (Phi) is 6.41. The Morgan fingerprint density at radius 3 is 2.68 bits per heavy atom. The van der Waals surface area contributed by atoms with E-state index in [0.29, 0.717) is 24.0 Å². The summed E-state index contributed by atoms with van der Waals surface area (Å²) in [5, 5.41) is 8.94. The van der Waals surface area contributed by atoms with Crippen LogP contribution in [0.3, 0.4) is 0 Å². The van der Waals surface area contributed by atoms with Crippen molar-refractivity contribution in [3.8, 4) is 0 Å². The number of nitrogens with zero attached hydrogens (tertiary/aromatic N) is 1. The molecule has 0 amide bonds. The van der Waals surface area contributed by atoms with Gasteiger partial charge < -0.3 is 10.0 Å². The zero-order chi connectivity index (χ0) is 14.5. The summed E-state index contributed by atoms with van der Waals surface area (Å²) in [4.78, 5) is 2.77. The lowest BCUT2D eigenvalue weighted by Crippen LogP contribution is -2.36. The molecule has 0 saturated heterocycles. The number of rotatable bonds is 8. The summed E-state index contributed by atoms with van der Waals surface area (Å²) in [6, 6.07) is 3.59. The summed E-state index contributed by atoms with van der Waals surface area (Å²) >= 11 is 1.10. The van der Waals surface area contributed by atoms with Gasteiger partial charge in [-0.3, -0.25) is 0 Å². The Hall–Kier alpha value is -0.470. The van der Waals surface area contributed by atoms with Crippen LogP contribution in [0.25, 0.3) is 0 Å². The SMILES string of the molecule is CCC(C)N(C)CCNS(=O)(=O)c1ccc(CO)s1. The van der Waals surface area contributed by atoms with Crippen LogP contribution in [0.5, 0.6) is 0 Å². The van der Waals surface area contributed by atoms with Gasteiger partial charge in [0.05, 0.1) is 6.61 Å². The molecule has 1 atom stereocenters. The Labute approximate surface area is 119 Å². The van der Waals surface area contributed by atoms with Gasteiger partial charge >= 0.3 is 0 Å². The zero-order valence-electron chi connectivity index (χ0n) is 11.6. The lowest BCUT2D eigenvalue weighted by molar-refractivity contribution is 0.256. The molecule has 0 spiro atoms. The normalized spacial score (nSPS) is 13.9. The smallest absolute Gasteiger partial charge is 0.250 e. The molecular weight excluding hydrogens is 284 g/mol. The molecule has 0 aliphatic carbocycles. The average molecular weight is 306 g/mol. The van der Waals surface area contributed by atoms with E-state index in [0.717, 1.165) is 17.8 Å². The van der Waals surface area contributed by atoms with Crippen LogP contribution in [0.1, 0.15) is 25.1 Å². The lowest BCUT2D eigenvalue weighted by atomic mass is 10.2. The van der Waals surface area contributed by atoms with Crippen molar-refractivity contribution in [2.24, 2.45) is 0 Å². The van der Waals surface area contributed by atoms with Crippen LogP contribution in [0, 0.1) is 0 Å². The summed E-state index contributed by atoms with van der Waals surface area (Å²) in [6.07, 6.45) is 1.04. The molecule has 110 valence electrons. The first-order valence-electron chi connectivity index (χ1n) is 6.30. The number of nitrogens with one attached hydrogen (secondary N) is 1. The molecule has 19 heavy (non-hydrogen) atoms. The van der Waals surface area contributed by atoms with Crippen molar-refractivity contribution >= 4 is 21.4 Å². The van der Waals surface area contributed by atoms with E-state index in [1.807, 2.05) is 7.05 Å². The highest BCUT2D eigenvalue weighted by Crippen LogP contribution is 2.21. The van der Waals surface area contributed by atoms with Crippen molar-refractivity contribution in [3.05, 3.63) is 17.0 Å². The molecule has 1 aromatic rings. The van der Waals surface area contributed by atoms with Gasteiger partial charge in [-0.25, -0.2) is 13.1 Å². The highest BCUT2D eigenvalue weighted by molar-refractivity contribution is 7.91. The van der Waals surface area contributed by atoms with Crippen LogP contribution in [0.2, 0.25) is 0 Å². The molecule has 1 rings (SSSR count). The summed E-state index contributed by atoms with van der Waals surface area (Å²) in [5.41, 5.74) is 0. The van der Waals surface area contributed by atoms with Gasteiger partial charge in [0.2, 0.25) is 10.0 Å². The molecule has 0 aromatic carbocycles. The molecule has 0 saturated carbocycles. The Morgan fingerprint density at radius 2 is 2.16 bits per heavy atom. The molecule has 1 unspecified atom stereocenters. The zero-order valence-corrected chi connectivity index (χ0v) is 13.2. The fraction of sp³-hybridized carbons (Fsp3) is 0.667. The van der Waals surface area contributed by atoms with Crippen molar-refractivity contribution < 1.29 is 13.5 Å². The van der Waals surface area contributed by atoms with Crippen molar-refractivity contribution in [1.29, 1.82) is 0 Å². The van der Waals surface area contributed by atoms with Crippen LogP contribution in [0.4, 0.5) is 0 Å². The number of sulfonamides is 1. The Bertz CT molecular complexity index is 485. The highest BCUT2D eigenvalue weighted by Gasteiger charge is 2.16. The first kappa shape index (κ1) is 16.6. The predicted molar refractivity (Wildman–Crippen MR) is 77.8 cm³/mol. The topological polar surface area (TPSA) is 69.6 Å². The molecule has 0 aliphatic rings. The second-order valence-electron chi connectivity index (χ2n) is 4.51. The minimum absolute atomic E-state index is 0.128. The number of aliphatic hydroxyl groups excluding tert-OH is 1. The van der Waals surface area contributed by atoms with E-state index in [1.54, 1.807) is 6.07 Å². The van der Waals surface area contributed by atoms with E-state index >= 15 is 0 Å². The van der Waals surface area contributed by atoms with Crippen LogP contribution >= 0.6 is 11.3 Å². The highest BCUT2D eigenvalue weighted by atomic mass is 32.2. The maximum atomic E-state index is 12.0. The van der Waals surface area contributed by atoms with E-state index in [4.69, 9.17) is 5.11 Å². The van der Waals surface area contributed by atoms with Gasteiger partial charge in [-0.2, -0.15) is 0 Å². The number of likely N-dealkylation sites (N-methyl/N-ethyl adjacent to an activating group) is 1. The Balaban J connectivity index is 2.52. The maximum Gasteiger partial charge on any atom is 0.250 e. The maximum absolute atomic E-state index is 12.0. The van der Waals surface area contributed by atoms with E-state index < -0.39 is 10.0 Å². The minimum atomic E-state index is -3.45. The summed E-state index contributed by atoms with van der Waals surface area (Å²) in [7, 11) is -1.46. The van der Waals surface area contributed by atoms with Gasteiger partial charge in [0, 0.05) is 24.0 Å². The third-order valence-corrected chi connectivity index (χ3v) is 6.18. The lowest BCUT2D eigenvalue weighted by Gasteiger charge is -2.23. The summed E-state index contributed by atoms with van der Waals surface area (Å²) in [5.74, 6) is 0. The molecular formula is C12H22N2O3S2. The van der Waals surface area contributed by atoms with Gasteiger partial charge in [0.15, 0.2) is 0 Å². The molecule has 1 heterocycles. The predicted octanol–water partition coefficient (Wildman–Crippen LogP) is 1.25. The third kappa shape index (κ3) is 4.85. The standard InChI is InChI=1S/C12H22N2O3S2/c1-4-10(2)14(3)8-7-13-19(16,17)12-6-5-11(9-15)18-12/h5-6,10,13,15H,4,7-9H2,1-3H3. The van der Waals surface area contributed by atoms with E-state index in [2.05, 4.69) is 23.5 Å². The molecule has 7 heteroatoms. The molecule has 1 aromatic heterocycles. The monoisotopic (exact) mass is 306 g/mol. The van der Waals surface area contributed by atoms with E-state index in [9.17, 15) is 8.42 Å². The number of aliphatic hydroxyl groups is 1. The van der Waals surface area contributed by atoms with Crippen LogP contribution in [0.15, 0.2) is 16.3 Å². The van der Waals surface area contributed by atoms with Gasteiger partial charge in [-0.05, 0) is 32.5 Å². The summed E-state index contributed by atoms with van der Waals surface area (Å²) in [6.45, 7) is 5.15. The molecule has 0 aliphatic heterocycles. The van der Waals surface area contributed by atoms with Crippen molar-refractivity contribution in [1.82, 2.24) is 9.62 Å². The third-order valence-electron chi connectivity index (χ3n) is 3.16. The van der Waals surface area contributed by atoms with Gasteiger partial charge in [0.25, 0.3) is 0 Å². The quantitative estimate of drug-likeness (QED) is 0.758. The molecule has 5 nitrogen and oxygen atoms in total. The fourth-order valence-corrected chi connectivity index (χ4v) is 3.83. The fourth-order valence-electron chi connectivity index (χ4n) is 1.55. The van der Waals surface area contributed by atoms with Crippen molar-refractivity contribution in [3.63, 3.8) is 0 Å². The van der Waals surface area contributed by atoms with Gasteiger partial charge in [-0.15, -0.1) is 11.3 Å². The second-order valence-corrected chi connectivity index (χ2v) is 7.68. The van der Waals surface area contributed by atoms with E-state index in [-0.39, 0.29) is 10.8 Å². The largest absolute Gasteiger partial charge is 0.391 e. The average Bonchev–Trinajstić information content (AvgIpc) is 2.86.